The van der Waals surface area contributed by atoms with Gasteiger partial charge in [0.05, 0.1) is 11.0 Å². The van der Waals surface area contributed by atoms with Crippen LogP contribution in [0.1, 0.15) is 68.8 Å². The molecule has 0 saturated heterocycles. The molecule has 2 N–H and O–H groups in total. The van der Waals surface area contributed by atoms with Crippen LogP contribution in [0.25, 0.3) is 11.0 Å². The Kier molecular flexibility index (Phi) is 3.26. The maximum atomic E-state index is 5.78. The van der Waals surface area contributed by atoms with Gasteiger partial charge in [-0.1, -0.05) is 25.8 Å². The topological polar surface area (TPSA) is 43.8 Å². The van der Waals surface area contributed by atoms with Gasteiger partial charge in [-0.05, 0) is 49.3 Å². The lowest BCUT2D eigenvalue weighted by molar-refractivity contribution is 0.334. The van der Waals surface area contributed by atoms with E-state index in [4.69, 9.17) is 10.7 Å². The standard InChI is InChI=1S/C18H25N3/c1-12-2-5-14(6-3-12)18-20-16-10-13(11-19)4-9-17(16)21(18)15-7-8-15/h4,9-10,12,14-15H,2-3,5-8,11,19H2,1H3. The van der Waals surface area contributed by atoms with Crippen LogP contribution in [0.2, 0.25) is 0 Å². The van der Waals surface area contributed by atoms with Crippen molar-refractivity contribution in [1.29, 1.82) is 0 Å². The van der Waals surface area contributed by atoms with Crippen molar-refractivity contribution < 1.29 is 0 Å². The zero-order valence-electron chi connectivity index (χ0n) is 12.9. The minimum absolute atomic E-state index is 0.600. The Bertz CT molecular complexity index is 646. The number of nitrogens with two attached hydrogens (primary N) is 1. The SMILES string of the molecule is CC1CCC(c2nc3cc(CN)ccc3n2C2CC2)CC1. The molecule has 0 radical (unpaired) electrons. The number of hydrogen-bond acceptors (Lipinski definition) is 2. The van der Waals surface area contributed by atoms with E-state index in [9.17, 15) is 0 Å². The summed E-state index contributed by atoms with van der Waals surface area (Å²) in [6.45, 7) is 2.98. The molecule has 0 spiro atoms. The van der Waals surface area contributed by atoms with Crippen molar-refractivity contribution in [2.24, 2.45) is 11.7 Å². The highest BCUT2D eigenvalue weighted by molar-refractivity contribution is 5.77. The zero-order valence-corrected chi connectivity index (χ0v) is 12.9. The molecule has 112 valence electrons. The highest BCUT2D eigenvalue weighted by Crippen LogP contribution is 2.43. The Labute approximate surface area is 126 Å². The molecular formula is C18H25N3. The minimum atomic E-state index is 0.600. The first-order chi connectivity index (χ1) is 10.3. The molecule has 1 aromatic heterocycles. The van der Waals surface area contributed by atoms with Crippen molar-refractivity contribution in [3.05, 3.63) is 29.6 Å². The van der Waals surface area contributed by atoms with Gasteiger partial charge in [0, 0.05) is 18.5 Å². The van der Waals surface area contributed by atoms with Gasteiger partial charge in [0.15, 0.2) is 0 Å². The molecule has 0 unspecified atom stereocenters. The summed E-state index contributed by atoms with van der Waals surface area (Å²) >= 11 is 0. The second kappa shape index (κ2) is 5.13. The van der Waals surface area contributed by atoms with Crippen LogP contribution < -0.4 is 5.73 Å². The van der Waals surface area contributed by atoms with Gasteiger partial charge in [0.2, 0.25) is 0 Å². The first kappa shape index (κ1) is 13.3. The lowest BCUT2D eigenvalue weighted by Crippen LogP contribution is -2.15. The lowest BCUT2D eigenvalue weighted by Gasteiger charge is -2.26. The van der Waals surface area contributed by atoms with E-state index in [0.717, 1.165) is 11.4 Å². The van der Waals surface area contributed by atoms with Crippen LogP contribution in [0.4, 0.5) is 0 Å². The molecule has 2 aliphatic carbocycles. The molecule has 2 saturated carbocycles. The van der Waals surface area contributed by atoms with E-state index in [2.05, 4.69) is 29.7 Å². The van der Waals surface area contributed by atoms with E-state index in [1.807, 2.05) is 0 Å². The van der Waals surface area contributed by atoms with Crippen molar-refractivity contribution in [1.82, 2.24) is 9.55 Å². The predicted molar refractivity (Wildman–Crippen MR) is 86.3 cm³/mol. The second-order valence-electron chi connectivity index (χ2n) is 7.06. The summed E-state index contributed by atoms with van der Waals surface area (Å²) in [4.78, 5) is 5.04. The van der Waals surface area contributed by atoms with Crippen LogP contribution in [0.15, 0.2) is 18.2 Å². The van der Waals surface area contributed by atoms with Gasteiger partial charge in [0.25, 0.3) is 0 Å². The quantitative estimate of drug-likeness (QED) is 0.920. The number of aromatic nitrogens is 2. The lowest BCUT2D eigenvalue weighted by atomic mass is 9.82. The van der Waals surface area contributed by atoms with E-state index in [-0.39, 0.29) is 0 Å². The Morgan fingerprint density at radius 2 is 1.90 bits per heavy atom. The zero-order chi connectivity index (χ0) is 14.4. The summed E-state index contributed by atoms with van der Waals surface area (Å²) in [7, 11) is 0. The molecule has 2 aromatic rings. The monoisotopic (exact) mass is 283 g/mol. The minimum Gasteiger partial charge on any atom is -0.326 e. The largest absolute Gasteiger partial charge is 0.326 e. The number of hydrogen-bond donors (Lipinski definition) is 1. The van der Waals surface area contributed by atoms with Crippen molar-refractivity contribution in [3.63, 3.8) is 0 Å². The van der Waals surface area contributed by atoms with E-state index in [1.54, 1.807) is 0 Å². The van der Waals surface area contributed by atoms with Crippen molar-refractivity contribution >= 4 is 11.0 Å². The third-order valence-electron chi connectivity index (χ3n) is 5.31. The van der Waals surface area contributed by atoms with E-state index >= 15 is 0 Å². The molecule has 3 nitrogen and oxygen atoms in total. The number of fused-ring (bicyclic) bond motifs is 1. The second-order valence-corrected chi connectivity index (χ2v) is 7.06. The molecule has 4 rings (SSSR count). The molecule has 3 heteroatoms. The van der Waals surface area contributed by atoms with Gasteiger partial charge in [0.1, 0.15) is 5.82 Å². The van der Waals surface area contributed by atoms with Crippen molar-refractivity contribution in [2.75, 3.05) is 0 Å². The van der Waals surface area contributed by atoms with Crippen LogP contribution in [-0.4, -0.2) is 9.55 Å². The van der Waals surface area contributed by atoms with E-state index < -0.39 is 0 Å². The summed E-state index contributed by atoms with van der Waals surface area (Å²) in [6.07, 6.45) is 7.96. The molecule has 0 aliphatic heterocycles. The van der Waals surface area contributed by atoms with Crippen molar-refractivity contribution in [3.8, 4) is 0 Å². The molecule has 2 aliphatic rings. The summed E-state index contributed by atoms with van der Waals surface area (Å²) in [5, 5.41) is 0. The summed E-state index contributed by atoms with van der Waals surface area (Å²) in [6, 6.07) is 7.28. The first-order valence-electron chi connectivity index (χ1n) is 8.47. The molecule has 0 bridgehead atoms. The molecular weight excluding hydrogens is 258 g/mol. The van der Waals surface area contributed by atoms with Crippen LogP contribution >= 0.6 is 0 Å². The highest BCUT2D eigenvalue weighted by Gasteiger charge is 2.32. The van der Waals surface area contributed by atoms with Crippen LogP contribution in [0.5, 0.6) is 0 Å². The van der Waals surface area contributed by atoms with Gasteiger partial charge in [-0.25, -0.2) is 4.98 Å². The average Bonchev–Trinajstić information content (AvgIpc) is 3.27. The summed E-state index contributed by atoms with van der Waals surface area (Å²) < 4.78 is 2.55. The fourth-order valence-electron chi connectivity index (χ4n) is 3.81. The molecule has 0 atom stereocenters. The number of rotatable bonds is 3. The fourth-order valence-corrected chi connectivity index (χ4v) is 3.81. The Morgan fingerprint density at radius 3 is 2.57 bits per heavy atom. The average molecular weight is 283 g/mol. The first-order valence-corrected chi connectivity index (χ1v) is 8.47. The molecule has 21 heavy (non-hydrogen) atoms. The van der Waals surface area contributed by atoms with Crippen LogP contribution in [-0.2, 0) is 6.54 Å². The normalized spacial score (nSPS) is 26.4. The summed E-state index contributed by atoms with van der Waals surface area (Å²) in [5.74, 6) is 2.91. The third-order valence-corrected chi connectivity index (χ3v) is 5.31. The van der Waals surface area contributed by atoms with Gasteiger partial charge < -0.3 is 10.3 Å². The van der Waals surface area contributed by atoms with Gasteiger partial charge in [-0.15, -0.1) is 0 Å². The fraction of sp³-hybridized carbons (Fsp3) is 0.611. The highest BCUT2D eigenvalue weighted by atomic mass is 15.1. The number of benzene rings is 1. The van der Waals surface area contributed by atoms with Crippen molar-refractivity contribution in [2.45, 2.75) is 64.0 Å². The Morgan fingerprint density at radius 1 is 1.14 bits per heavy atom. The molecule has 2 fully saturated rings. The number of nitrogens with zero attached hydrogens (tertiary/aromatic N) is 2. The molecule has 1 aromatic carbocycles. The summed E-state index contributed by atoms with van der Waals surface area (Å²) in [5.41, 5.74) is 9.44. The van der Waals surface area contributed by atoms with Gasteiger partial charge in [-0.3, -0.25) is 0 Å². The maximum Gasteiger partial charge on any atom is 0.113 e. The predicted octanol–water partition coefficient (Wildman–Crippen LogP) is 4.12. The molecule has 0 amide bonds. The van der Waals surface area contributed by atoms with Crippen LogP contribution in [0, 0.1) is 5.92 Å². The molecule has 1 heterocycles. The van der Waals surface area contributed by atoms with Gasteiger partial charge >= 0.3 is 0 Å². The smallest absolute Gasteiger partial charge is 0.113 e. The van der Waals surface area contributed by atoms with Gasteiger partial charge in [-0.2, -0.15) is 0 Å². The Balaban J connectivity index is 1.78. The Hall–Kier alpha value is -1.35. The van der Waals surface area contributed by atoms with E-state index in [1.165, 1.54) is 55.4 Å². The van der Waals surface area contributed by atoms with E-state index in [0.29, 0.717) is 18.5 Å². The maximum absolute atomic E-state index is 5.78. The third kappa shape index (κ3) is 2.38. The number of imidazole rings is 1. The van der Waals surface area contributed by atoms with Crippen LogP contribution in [0.3, 0.4) is 0 Å².